The van der Waals surface area contributed by atoms with Crippen LogP contribution in [0.15, 0.2) is 42.9 Å². The zero-order valence-corrected chi connectivity index (χ0v) is 11.7. The highest BCUT2D eigenvalue weighted by atomic mass is 16.5. The third-order valence-corrected chi connectivity index (χ3v) is 3.61. The van der Waals surface area contributed by atoms with Gasteiger partial charge in [0.05, 0.1) is 6.20 Å². The summed E-state index contributed by atoms with van der Waals surface area (Å²) in [6.07, 6.45) is 9.03. The van der Waals surface area contributed by atoms with E-state index in [0.29, 0.717) is 11.6 Å². The fourth-order valence-corrected chi connectivity index (χ4v) is 2.50. The number of rotatable bonds is 4. The van der Waals surface area contributed by atoms with Crippen molar-refractivity contribution in [2.24, 2.45) is 5.92 Å². The maximum atomic E-state index is 12.0. The van der Waals surface area contributed by atoms with Gasteiger partial charge in [-0.1, -0.05) is 12.8 Å². The number of amides is 1. The average molecular weight is 283 g/mol. The van der Waals surface area contributed by atoms with Crippen molar-refractivity contribution < 1.29 is 9.53 Å². The molecule has 3 rings (SSSR count). The van der Waals surface area contributed by atoms with Crippen molar-refractivity contribution in [1.82, 2.24) is 9.97 Å². The highest BCUT2D eigenvalue weighted by molar-refractivity contribution is 5.92. The Kier molecular flexibility index (Phi) is 4.09. The van der Waals surface area contributed by atoms with E-state index in [1.165, 1.54) is 0 Å². The zero-order chi connectivity index (χ0) is 14.5. The number of hydrogen-bond acceptors (Lipinski definition) is 4. The lowest BCUT2D eigenvalue weighted by molar-refractivity contribution is -0.119. The van der Waals surface area contributed by atoms with E-state index in [1.54, 1.807) is 30.7 Å². The molecule has 1 heterocycles. The molecule has 0 bridgehead atoms. The lowest BCUT2D eigenvalue weighted by Crippen LogP contribution is -2.20. The highest BCUT2D eigenvalue weighted by Crippen LogP contribution is 2.26. The standard InChI is InChI=1S/C16H17N3O2/c20-16(12-3-1-2-4-12)19-13-5-7-14(8-6-13)21-15-11-17-9-10-18-15/h5-12H,1-4H2,(H,19,20). The first-order valence-corrected chi connectivity index (χ1v) is 7.16. The van der Waals surface area contributed by atoms with Crippen LogP contribution < -0.4 is 10.1 Å². The summed E-state index contributed by atoms with van der Waals surface area (Å²) in [5.41, 5.74) is 0.790. The zero-order valence-electron chi connectivity index (χ0n) is 11.7. The van der Waals surface area contributed by atoms with Gasteiger partial charge in [0.2, 0.25) is 11.8 Å². The van der Waals surface area contributed by atoms with Gasteiger partial charge in [0, 0.05) is 24.0 Å². The average Bonchev–Trinajstić information content (AvgIpc) is 3.05. The van der Waals surface area contributed by atoms with Crippen LogP contribution in [0.2, 0.25) is 0 Å². The molecule has 0 saturated heterocycles. The molecule has 2 aromatic rings. The lowest BCUT2D eigenvalue weighted by Gasteiger charge is -2.11. The van der Waals surface area contributed by atoms with Gasteiger partial charge < -0.3 is 10.1 Å². The molecule has 1 amide bonds. The molecule has 108 valence electrons. The van der Waals surface area contributed by atoms with Gasteiger partial charge in [0.1, 0.15) is 5.75 Å². The van der Waals surface area contributed by atoms with Gasteiger partial charge >= 0.3 is 0 Å². The molecule has 21 heavy (non-hydrogen) atoms. The fraction of sp³-hybridized carbons (Fsp3) is 0.312. The molecule has 5 nitrogen and oxygen atoms in total. The van der Waals surface area contributed by atoms with Crippen molar-refractivity contribution in [1.29, 1.82) is 0 Å². The number of nitrogens with one attached hydrogen (secondary N) is 1. The second kappa shape index (κ2) is 6.35. The predicted molar refractivity (Wildman–Crippen MR) is 79.1 cm³/mol. The maximum absolute atomic E-state index is 12.0. The molecule has 1 N–H and O–H groups in total. The Morgan fingerprint density at radius 1 is 1.14 bits per heavy atom. The minimum Gasteiger partial charge on any atom is -0.438 e. The Hall–Kier alpha value is -2.43. The van der Waals surface area contributed by atoms with Crippen molar-refractivity contribution in [2.75, 3.05) is 5.32 Å². The molecule has 1 aliphatic rings. The Labute approximate surface area is 123 Å². The summed E-state index contributed by atoms with van der Waals surface area (Å²) in [4.78, 5) is 20.0. The molecule has 0 aliphatic heterocycles. The van der Waals surface area contributed by atoms with Crippen molar-refractivity contribution in [3.63, 3.8) is 0 Å². The summed E-state index contributed by atoms with van der Waals surface area (Å²) in [6, 6.07) is 7.27. The smallest absolute Gasteiger partial charge is 0.237 e. The number of carbonyl (C=O) groups is 1. The Balaban J connectivity index is 1.60. The summed E-state index contributed by atoms with van der Waals surface area (Å²) >= 11 is 0. The molecule has 0 spiro atoms. The van der Waals surface area contributed by atoms with Crippen molar-refractivity contribution >= 4 is 11.6 Å². The van der Waals surface area contributed by atoms with Gasteiger partial charge in [-0.15, -0.1) is 0 Å². The molecule has 1 saturated carbocycles. The maximum Gasteiger partial charge on any atom is 0.237 e. The molecule has 0 radical (unpaired) electrons. The van der Waals surface area contributed by atoms with Crippen LogP contribution in [0.4, 0.5) is 5.69 Å². The number of benzene rings is 1. The fourth-order valence-electron chi connectivity index (χ4n) is 2.50. The van der Waals surface area contributed by atoms with E-state index in [1.807, 2.05) is 12.1 Å². The molecule has 5 heteroatoms. The van der Waals surface area contributed by atoms with Crippen LogP contribution in [-0.4, -0.2) is 15.9 Å². The van der Waals surface area contributed by atoms with Crippen LogP contribution >= 0.6 is 0 Å². The summed E-state index contributed by atoms with van der Waals surface area (Å²) in [5.74, 6) is 1.39. The van der Waals surface area contributed by atoms with Crippen LogP contribution in [-0.2, 0) is 4.79 Å². The Morgan fingerprint density at radius 3 is 2.57 bits per heavy atom. The summed E-state index contributed by atoms with van der Waals surface area (Å²) in [5, 5.41) is 2.95. The van der Waals surface area contributed by atoms with Crippen LogP contribution in [0.3, 0.4) is 0 Å². The quantitative estimate of drug-likeness (QED) is 0.934. The van der Waals surface area contributed by atoms with Gasteiger partial charge in [-0.25, -0.2) is 4.98 Å². The van der Waals surface area contributed by atoms with Crippen molar-refractivity contribution in [3.8, 4) is 11.6 Å². The molecule has 1 aromatic carbocycles. The lowest BCUT2D eigenvalue weighted by atomic mass is 10.1. The molecular weight excluding hydrogens is 266 g/mol. The molecule has 1 aliphatic carbocycles. The third-order valence-electron chi connectivity index (χ3n) is 3.61. The van der Waals surface area contributed by atoms with Crippen LogP contribution in [0.5, 0.6) is 11.6 Å². The van der Waals surface area contributed by atoms with Crippen LogP contribution in [0, 0.1) is 5.92 Å². The number of anilines is 1. The highest BCUT2D eigenvalue weighted by Gasteiger charge is 2.22. The minimum atomic E-state index is 0.120. The normalized spacial score (nSPS) is 14.9. The predicted octanol–water partition coefficient (Wildman–Crippen LogP) is 3.40. The van der Waals surface area contributed by atoms with Crippen LogP contribution in [0.25, 0.3) is 0 Å². The Morgan fingerprint density at radius 2 is 1.90 bits per heavy atom. The van der Waals surface area contributed by atoms with Crippen molar-refractivity contribution in [2.45, 2.75) is 25.7 Å². The minimum absolute atomic E-state index is 0.120. The van der Waals surface area contributed by atoms with E-state index in [0.717, 1.165) is 31.4 Å². The van der Waals surface area contributed by atoms with Gasteiger partial charge in [-0.2, -0.15) is 0 Å². The SMILES string of the molecule is O=C(Nc1ccc(Oc2cnccn2)cc1)C1CCCC1. The first-order valence-electron chi connectivity index (χ1n) is 7.16. The molecule has 0 unspecified atom stereocenters. The summed E-state index contributed by atoms with van der Waals surface area (Å²) < 4.78 is 5.55. The third kappa shape index (κ3) is 3.56. The second-order valence-corrected chi connectivity index (χ2v) is 5.14. The summed E-state index contributed by atoms with van der Waals surface area (Å²) in [7, 11) is 0. The first-order chi connectivity index (χ1) is 10.3. The van der Waals surface area contributed by atoms with Gasteiger partial charge in [0.25, 0.3) is 0 Å². The molecule has 1 fully saturated rings. The second-order valence-electron chi connectivity index (χ2n) is 5.14. The first kappa shape index (κ1) is 13.5. The van der Waals surface area contributed by atoms with E-state index in [4.69, 9.17) is 4.74 Å². The van der Waals surface area contributed by atoms with E-state index >= 15 is 0 Å². The molecule has 1 aromatic heterocycles. The number of aromatic nitrogens is 2. The number of hydrogen-bond donors (Lipinski definition) is 1. The van der Waals surface area contributed by atoms with E-state index in [9.17, 15) is 4.79 Å². The van der Waals surface area contributed by atoms with Crippen molar-refractivity contribution in [3.05, 3.63) is 42.9 Å². The van der Waals surface area contributed by atoms with Gasteiger partial charge in [-0.05, 0) is 37.1 Å². The van der Waals surface area contributed by atoms with E-state index < -0.39 is 0 Å². The Bertz CT molecular complexity index is 593. The van der Waals surface area contributed by atoms with E-state index in [-0.39, 0.29) is 11.8 Å². The molecular formula is C16H17N3O2. The largest absolute Gasteiger partial charge is 0.438 e. The topological polar surface area (TPSA) is 64.1 Å². The van der Waals surface area contributed by atoms with E-state index in [2.05, 4.69) is 15.3 Å². The van der Waals surface area contributed by atoms with Gasteiger partial charge in [0.15, 0.2) is 0 Å². The molecule has 0 atom stereocenters. The van der Waals surface area contributed by atoms with Crippen LogP contribution in [0.1, 0.15) is 25.7 Å². The summed E-state index contributed by atoms with van der Waals surface area (Å²) in [6.45, 7) is 0. The number of ether oxygens (including phenoxy) is 1. The number of nitrogens with zero attached hydrogens (tertiary/aromatic N) is 2. The monoisotopic (exact) mass is 283 g/mol. The van der Waals surface area contributed by atoms with Gasteiger partial charge in [-0.3, -0.25) is 9.78 Å². The number of carbonyl (C=O) groups excluding carboxylic acids is 1.